The Labute approximate surface area is 300 Å². The quantitative estimate of drug-likeness (QED) is 0.139. The first-order valence-electron chi connectivity index (χ1n) is 15.6. The molecule has 1 amide bonds. The molecule has 0 radical (unpaired) electrons. The minimum Gasteiger partial charge on any atom is -0.870 e. The fourth-order valence-corrected chi connectivity index (χ4v) is 7.48. The summed E-state index contributed by atoms with van der Waals surface area (Å²) < 4.78 is 47.8. The second-order valence-corrected chi connectivity index (χ2v) is 13.6. The zero-order chi connectivity index (χ0) is 34.5. The number of hydrogen-bond acceptors (Lipinski definition) is 10. The number of aromatic nitrogens is 2. The number of piperidine rings is 3. The zero-order valence-corrected chi connectivity index (χ0v) is 29.1. The Balaban J connectivity index is 0.00000486. The van der Waals surface area contributed by atoms with Crippen molar-refractivity contribution in [2.24, 2.45) is 5.92 Å². The molecule has 3 aliphatic heterocycles. The number of carbonyl (C=O) groups excluding carboxylic acids is 2. The molecule has 0 spiro atoms. The maximum Gasteiger partial charge on any atom is 0.416 e. The van der Waals surface area contributed by atoms with Gasteiger partial charge in [0.1, 0.15) is 32.9 Å². The van der Waals surface area contributed by atoms with Crippen molar-refractivity contribution in [1.82, 2.24) is 9.88 Å². The number of pyridine rings is 2. The van der Waals surface area contributed by atoms with Gasteiger partial charge in [-0.2, -0.15) is 8.78 Å². The van der Waals surface area contributed by atoms with Gasteiger partial charge in [-0.1, -0.05) is 35.3 Å². The number of H-pyrrole nitrogens is 1. The van der Waals surface area contributed by atoms with Gasteiger partial charge in [0.15, 0.2) is 23.9 Å². The van der Waals surface area contributed by atoms with Gasteiger partial charge in [-0.05, 0) is 73.8 Å². The first-order valence-corrected chi connectivity index (χ1v) is 17.1. The zero-order valence-electron chi connectivity index (χ0n) is 26.8. The number of nitrogens with one attached hydrogen (secondary N) is 1. The van der Waals surface area contributed by atoms with Crippen molar-refractivity contribution >= 4 is 52.4 Å². The highest BCUT2D eigenvalue weighted by Crippen LogP contribution is 2.37. The lowest BCUT2D eigenvalue weighted by Gasteiger charge is -2.44. The molecule has 6 heterocycles. The lowest BCUT2D eigenvalue weighted by atomic mass is 9.86. The van der Waals surface area contributed by atoms with Crippen LogP contribution in [-0.4, -0.2) is 66.9 Å². The summed E-state index contributed by atoms with van der Waals surface area (Å²) in [4.78, 5) is 39.2. The normalized spacial score (nSPS) is 18.6. The lowest BCUT2D eigenvalue weighted by molar-refractivity contribution is -0.377. The lowest BCUT2D eigenvalue weighted by Crippen LogP contribution is -2.53. The molecule has 50 heavy (non-hydrogen) atoms. The third-order valence-electron chi connectivity index (χ3n) is 8.58. The van der Waals surface area contributed by atoms with E-state index >= 15 is 0 Å². The summed E-state index contributed by atoms with van der Waals surface area (Å²) in [6.45, 7) is -0.183. The Morgan fingerprint density at radius 1 is 1.08 bits per heavy atom. The predicted molar refractivity (Wildman–Crippen MR) is 181 cm³/mol. The molecule has 7 rings (SSSR count). The number of benzene rings is 1. The number of rotatable bonds is 12. The predicted octanol–water partition coefficient (Wildman–Crippen LogP) is 7.08. The van der Waals surface area contributed by atoms with E-state index in [-0.39, 0.29) is 40.9 Å². The smallest absolute Gasteiger partial charge is 0.416 e. The molecule has 16 heteroatoms. The van der Waals surface area contributed by atoms with Gasteiger partial charge in [0.2, 0.25) is 0 Å². The van der Waals surface area contributed by atoms with Gasteiger partial charge < -0.3 is 24.4 Å². The van der Waals surface area contributed by atoms with Crippen molar-refractivity contribution in [1.29, 1.82) is 0 Å². The number of ether oxygens (including phenoxy) is 4. The van der Waals surface area contributed by atoms with E-state index in [0.29, 0.717) is 44.3 Å². The number of alkyl halides is 2. The molecule has 0 aliphatic carbocycles. The Hall–Kier alpha value is -4.08. The van der Waals surface area contributed by atoms with Gasteiger partial charge >= 0.3 is 18.7 Å². The van der Waals surface area contributed by atoms with Crippen LogP contribution in [0.15, 0.2) is 67.1 Å². The molecule has 2 bridgehead atoms. The number of methoxy groups -OCH3 is 1. The molecule has 3 aliphatic rings. The average Bonchev–Trinajstić information content (AvgIpc) is 3.58. The molecule has 4 aromatic rings. The molecule has 1 aromatic carbocycles. The SMILES string of the molecule is COc1cc([C@H](Cc2c(Cl)c[nH+]cc2Cl)OC(=O)c2ccc(CN(C(=O)O[C@H]3CN4CCC3CC4)c3ccccn3)s2)ccc1OC(F)F.[OH-]. The maximum absolute atomic E-state index is 13.6. The third-order valence-corrected chi connectivity index (χ3v) is 10.3. The van der Waals surface area contributed by atoms with Crippen molar-refractivity contribution in [2.45, 2.75) is 44.6 Å². The molecule has 11 nitrogen and oxygen atoms in total. The number of aromatic amines is 1. The van der Waals surface area contributed by atoms with E-state index in [2.05, 4.69) is 19.6 Å². The van der Waals surface area contributed by atoms with Gasteiger partial charge in [0.05, 0.1) is 13.7 Å². The van der Waals surface area contributed by atoms with E-state index in [1.165, 1.54) is 30.2 Å². The minimum atomic E-state index is -3.06. The van der Waals surface area contributed by atoms with Crippen LogP contribution in [0.3, 0.4) is 0 Å². The molecule has 3 fully saturated rings. The third kappa shape index (κ3) is 8.79. The Morgan fingerprint density at radius 2 is 1.84 bits per heavy atom. The Kier molecular flexibility index (Phi) is 12.5. The van der Waals surface area contributed by atoms with Crippen molar-refractivity contribution in [3.8, 4) is 11.5 Å². The summed E-state index contributed by atoms with van der Waals surface area (Å²) in [6, 6.07) is 12.9. The van der Waals surface area contributed by atoms with Crippen LogP contribution in [0.2, 0.25) is 10.0 Å². The topological polar surface area (TPSA) is 135 Å². The summed E-state index contributed by atoms with van der Waals surface area (Å²) in [5.74, 6) is -0.0439. The molecule has 3 aromatic heterocycles. The first-order chi connectivity index (χ1) is 23.7. The number of thiophene rings is 1. The van der Waals surface area contributed by atoms with Crippen LogP contribution in [0.4, 0.5) is 19.4 Å². The number of amides is 1. The minimum absolute atomic E-state index is 0. The molecule has 0 unspecified atom stereocenters. The standard InChI is InChI=1S/C34H32Cl2F2N4O6S.H2O/c1-45-28-14-21(5-7-26(28)47-33(37)38)27(15-23-24(35)16-39-17-25(23)36)46-32(43)30-8-6-22(49-30)18-42(31-4-2-3-11-40-31)34(44)48-29-19-41-12-9-20(29)10-13-41;/h2-8,11,14,16-17,20,27,29,33H,9-10,12-13,15,18-19H2,1H3;1H2/t27-,29-;/m0./s1. The van der Waals surface area contributed by atoms with Crippen LogP contribution in [0.1, 0.15) is 44.6 Å². The van der Waals surface area contributed by atoms with Crippen LogP contribution in [0.5, 0.6) is 11.5 Å². The fraction of sp³-hybridized carbons (Fsp3) is 0.353. The summed E-state index contributed by atoms with van der Waals surface area (Å²) in [7, 11) is 1.31. The maximum atomic E-state index is 13.6. The number of carbonyl (C=O) groups is 2. The summed E-state index contributed by atoms with van der Waals surface area (Å²) >= 11 is 14.0. The van der Waals surface area contributed by atoms with Gasteiger partial charge in [-0.3, -0.25) is 9.80 Å². The van der Waals surface area contributed by atoms with Crippen molar-refractivity contribution < 1.29 is 47.8 Å². The molecule has 2 atom stereocenters. The van der Waals surface area contributed by atoms with E-state index < -0.39 is 24.8 Å². The monoisotopic (exact) mass is 750 g/mol. The Bertz CT molecular complexity index is 1760. The van der Waals surface area contributed by atoms with Gasteiger partial charge in [0, 0.05) is 29.6 Å². The summed E-state index contributed by atoms with van der Waals surface area (Å²) in [6.07, 6.45) is 5.11. The number of hydrogen-bond donors (Lipinski definition) is 0. The molecular weight excluding hydrogens is 717 g/mol. The van der Waals surface area contributed by atoms with E-state index in [9.17, 15) is 18.4 Å². The van der Waals surface area contributed by atoms with Crippen LogP contribution >= 0.6 is 34.5 Å². The van der Waals surface area contributed by atoms with Crippen molar-refractivity contribution in [3.63, 3.8) is 0 Å². The van der Waals surface area contributed by atoms with Gasteiger partial charge in [0.25, 0.3) is 0 Å². The van der Waals surface area contributed by atoms with Crippen LogP contribution in [0, 0.1) is 5.92 Å². The Morgan fingerprint density at radius 3 is 2.48 bits per heavy atom. The average molecular weight is 752 g/mol. The molecule has 3 saturated heterocycles. The molecule has 0 saturated carbocycles. The number of fused-ring (bicyclic) bond motifs is 3. The highest BCUT2D eigenvalue weighted by Gasteiger charge is 2.38. The molecule has 2 N–H and O–H groups in total. The second kappa shape index (κ2) is 16.8. The highest BCUT2D eigenvalue weighted by atomic mass is 35.5. The largest absolute Gasteiger partial charge is 0.870 e. The molecule has 266 valence electrons. The van der Waals surface area contributed by atoms with Crippen molar-refractivity contribution in [2.75, 3.05) is 31.6 Å². The van der Waals surface area contributed by atoms with Crippen LogP contribution in [-0.2, 0) is 22.4 Å². The van der Waals surface area contributed by atoms with Crippen LogP contribution in [0.25, 0.3) is 0 Å². The summed E-state index contributed by atoms with van der Waals surface area (Å²) in [5, 5.41) is 0.632. The number of nitrogens with zero attached hydrogens (tertiary/aromatic N) is 3. The number of anilines is 1. The fourth-order valence-electron chi connectivity index (χ4n) is 6.07. The van der Waals surface area contributed by atoms with E-state index in [1.807, 2.05) is 0 Å². The van der Waals surface area contributed by atoms with E-state index in [4.69, 9.17) is 37.4 Å². The van der Waals surface area contributed by atoms with Gasteiger partial charge in [-0.25, -0.2) is 19.6 Å². The second-order valence-electron chi connectivity index (χ2n) is 11.6. The molecular formula is C34H34Cl2F2N4O7S. The number of halogens is 4. The van der Waals surface area contributed by atoms with E-state index in [0.717, 1.165) is 37.3 Å². The van der Waals surface area contributed by atoms with Crippen molar-refractivity contribution in [3.05, 3.63) is 98.0 Å². The number of esters is 1. The van der Waals surface area contributed by atoms with E-state index in [1.54, 1.807) is 48.9 Å². The summed E-state index contributed by atoms with van der Waals surface area (Å²) in [5.41, 5.74) is 0.937. The van der Waals surface area contributed by atoms with Gasteiger partial charge in [-0.15, -0.1) is 11.3 Å². The highest BCUT2D eigenvalue weighted by molar-refractivity contribution is 7.14. The van der Waals surface area contributed by atoms with Crippen LogP contribution < -0.4 is 19.4 Å². The first kappa shape index (κ1) is 37.2.